The van der Waals surface area contributed by atoms with Gasteiger partial charge in [0.15, 0.2) is 0 Å². The van der Waals surface area contributed by atoms with Gasteiger partial charge in [0.25, 0.3) is 0 Å². The number of hydrogen-bond donors (Lipinski definition) is 0. The van der Waals surface area contributed by atoms with Crippen LogP contribution >= 0.6 is 0 Å². The van der Waals surface area contributed by atoms with Gasteiger partial charge in [0.2, 0.25) is 0 Å². The third kappa shape index (κ3) is 24.5. The maximum absolute atomic E-state index is 3.72. The van der Waals surface area contributed by atoms with Crippen LogP contribution in [0, 0.1) is 0 Å². The van der Waals surface area contributed by atoms with Crippen molar-refractivity contribution in [3.05, 3.63) is 0 Å². The van der Waals surface area contributed by atoms with E-state index in [0.29, 0.717) is 11.3 Å². The molecule has 0 radical (unpaired) electrons. The predicted molar refractivity (Wildman–Crippen MR) is 18.5 cm³/mol. The van der Waals surface area contributed by atoms with Crippen molar-refractivity contribution in [2.24, 2.45) is 0 Å². The molecule has 0 aliphatic heterocycles. The molecule has 0 saturated heterocycles. The Morgan fingerprint density at radius 1 is 1.80 bits per heavy atom. The molecule has 0 amide bonds. The Morgan fingerprint density at radius 3 is 1.80 bits per heavy atom. The molecule has 0 saturated carbocycles. The van der Waals surface area contributed by atoms with E-state index in [-0.39, 0.29) is 19.5 Å². The number of rotatable bonds is 0. The maximum atomic E-state index is 3.72. The van der Waals surface area contributed by atoms with E-state index in [0.717, 1.165) is 0 Å². The van der Waals surface area contributed by atoms with Crippen molar-refractivity contribution in [1.29, 1.82) is 0 Å². The smallest absolute Gasteiger partial charge is 0 e. The minimum atomic E-state index is 0. The van der Waals surface area contributed by atoms with Crippen LogP contribution < -0.4 is 0 Å². The van der Waals surface area contributed by atoms with Crippen molar-refractivity contribution in [1.82, 2.24) is 0 Å². The molecule has 0 aliphatic carbocycles. The van der Waals surface area contributed by atoms with Gasteiger partial charge in [-0.25, -0.2) is 0 Å². The summed E-state index contributed by atoms with van der Waals surface area (Å²) in [5.41, 5.74) is 0. The summed E-state index contributed by atoms with van der Waals surface area (Å²) in [4.78, 5) is 0. The average Bonchev–Trinajstić information content (AvgIpc) is 0.811. The first kappa shape index (κ1) is 10.0. The Bertz CT molecular complexity index is 16.4. The van der Waals surface area contributed by atoms with Crippen LogP contribution in [-0.2, 0) is 44.9 Å². The monoisotopic (exact) mass is 227 g/mol. The van der Waals surface area contributed by atoms with Crippen molar-refractivity contribution in [3.8, 4) is 0 Å². The van der Waals surface area contributed by atoms with Crippen molar-refractivity contribution < 1.29 is 44.9 Å². The Kier molecular flexibility index (Phi) is 11.9. The standard InChI is InChI=1S/BH2.Cu.Fe.H3Si.Zn/h1H2;;;1H3;/q+1;-1;;;. The van der Waals surface area contributed by atoms with Gasteiger partial charge in [-0.15, -0.1) is 0 Å². The summed E-state index contributed by atoms with van der Waals surface area (Å²) < 4.78 is 0. The predicted octanol–water partition coefficient (Wildman–Crippen LogP) is -2.11. The fraction of sp³-hybridized carbons (Fsp3) is 0. The molecule has 0 atom stereocenters. The third-order valence-electron chi connectivity index (χ3n) is 0. The van der Waals surface area contributed by atoms with Gasteiger partial charge >= 0.3 is 41.0 Å². The van der Waals surface area contributed by atoms with Crippen LogP contribution in [0.4, 0.5) is 0 Å². The van der Waals surface area contributed by atoms with Crippen molar-refractivity contribution in [2.45, 2.75) is 0 Å². The first-order valence-corrected chi connectivity index (χ1v) is 6.78. The second-order valence-corrected chi connectivity index (χ2v) is 11.0. The molecule has 0 N–H and O–H groups in total. The molecule has 0 unspecified atom stereocenters. The summed E-state index contributed by atoms with van der Waals surface area (Å²) in [7, 11) is 1.26. The van der Waals surface area contributed by atoms with Gasteiger partial charge in [0, 0.05) is 19.5 Å². The summed E-state index contributed by atoms with van der Waals surface area (Å²) in [5.74, 6) is 0. The van der Waals surface area contributed by atoms with Gasteiger partial charge in [-0.05, 0) is 0 Å². The molecular formula is H5BCuFeSiZn. The first-order chi connectivity index (χ1) is 1.73. The fourth-order valence-electron chi connectivity index (χ4n) is 0. The molecule has 0 aromatic rings. The van der Waals surface area contributed by atoms with Gasteiger partial charge in [-0.1, -0.05) is 0 Å². The summed E-state index contributed by atoms with van der Waals surface area (Å²) >= 11 is 4.30. The van der Waals surface area contributed by atoms with Crippen LogP contribution in [0.1, 0.15) is 0 Å². The van der Waals surface area contributed by atoms with Gasteiger partial charge < -0.3 is 0 Å². The van der Waals surface area contributed by atoms with Crippen LogP contribution in [0.25, 0.3) is 0 Å². The van der Waals surface area contributed by atoms with Crippen LogP contribution in [-0.4, -0.2) is 15.5 Å². The maximum Gasteiger partial charge on any atom is 0 e. The molecule has 0 aromatic carbocycles. The average molecular weight is 229 g/mol. The SMILES string of the molecule is [BH2][Cu]([SiH3])[Fe].[Zn]. The Balaban J connectivity index is 0. The Labute approximate surface area is 60.0 Å². The van der Waals surface area contributed by atoms with Gasteiger partial charge in [-0.3, -0.25) is 0 Å². The van der Waals surface area contributed by atoms with E-state index in [1.165, 1.54) is 8.85 Å². The molecule has 0 nitrogen and oxygen atoms in total. The van der Waals surface area contributed by atoms with E-state index in [9.17, 15) is 0 Å². The summed E-state index contributed by atoms with van der Waals surface area (Å²) in [6.45, 7) is 2.14. The summed E-state index contributed by atoms with van der Waals surface area (Å²) in [5, 5.41) is 0. The molecule has 0 aromatic heterocycles. The normalized spacial score (nSPS) is 9.40. The van der Waals surface area contributed by atoms with Crippen LogP contribution in [0.3, 0.4) is 0 Å². The number of hydrogen-bond acceptors (Lipinski definition) is 0. The molecule has 0 aliphatic rings. The molecule has 0 spiro atoms. The molecule has 33 valence electrons. The van der Waals surface area contributed by atoms with E-state index in [2.05, 4.69) is 20.8 Å². The van der Waals surface area contributed by atoms with E-state index in [1.54, 1.807) is 0 Å². The zero-order chi connectivity index (χ0) is 3.58. The van der Waals surface area contributed by atoms with E-state index >= 15 is 0 Å². The van der Waals surface area contributed by atoms with Gasteiger partial charge in [0.1, 0.15) is 0 Å². The minimum Gasteiger partial charge on any atom is 0 e. The minimum absolute atomic E-state index is 0. The van der Waals surface area contributed by atoms with Crippen LogP contribution in [0.5, 0.6) is 0 Å². The van der Waals surface area contributed by atoms with Crippen molar-refractivity contribution >= 4 is 15.5 Å². The third-order valence-corrected chi connectivity index (χ3v) is 0. The molecule has 0 rings (SSSR count). The van der Waals surface area contributed by atoms with E-state index in [4.69, 9.17) is 0 Å². The molecule has 5 heteroatoms. The van der Waals surface area contributed by atoms with Crippen molar-refractivity contribution in [3.63, 3.8) is 0 Å². The molecule has 0 heterocycles. The first-order valence-electron chi connectivity index (χ1n) is 0.710. The summed E-state index contributed by atoms with van der Waals surface area (Å²) in [6.07, 6.45) is 0. The molecular weight excluding hydrogens is 224 g/mol. The van der Waals surface area contributed by atoms with E-state index in [1.807, 2.05) is 0 Å². The zero-order valence-corrected chi connectivity index (χ0v) is 10.4. The zero-order valence-electron chi connectivity index (χ0n) is 3.36. The molecule has 5 heavy (non-hydrogen) atoms. The van der Waals surface area contributed by atoms with Crippen LogP contribution in [0.15, 0.2) is 0 Å². The van der Waals surface area contributed by atoms with Gasteiger partial charge in [0.05, 0.1) is 0 Å². The summed E-state index contributed by atoms with van der Waals surface area (Å²) in [6, 6.07) is 0. The fourth-order valence-corrected chi connectivity index (χ4v) is 0. The largest absolute Gasteiger partial charge is 0 e. The second-order valence-electron chi connectivity index (χ2n) is 0.515. The topological polar surface area (TPSA) is 0 Å². The molecule has 0 fully saturated rings. The van der Waals surface area contributed by atoms with Crippen molar-refractivity contribution in [2.75, 3.05) is 0 Å². The van der Waals surface area contributed by atoms with Gasteiger partial charge in [-0.2, -0.15) is 0 Å². The molecule has 0 bridgehead atoms. The quantitative estimate of drug-likeness (QED) is 0.417. The second kappa shape index (κ2) is 5.94. The Hall–Kier alpha value is 1.94. The van der Waals surface area contributed by atoms with E-state index < -0.39 is 0 Å². The Morgan fingerprint density at radius 2 is 1.80 bits per heavy atom. The van der Waals surface area contributed by atoms with Crippen LogP contribution in [0.2, 0.25) is 0 Å².